The third kappa shape index (κ3) is 16.2. The van der Waals surface area contributed by atoms with E-state index in [4.69, 9.17) is 9.47 Å². The fraction of sp³-hybridized carbons (Fsp3) is 0.914. The number of aliphatic hydroxyl groups is 5. The fourth-order valence-electron chi connectivity index (χ4n) is 6.44. The van der Waals surface area contributed by atoms with E-state index in [1.807, 2.05) is 0 Å². The first-order valence-corrected chi connectivity index (χ1v) is 17.7. The molecule has 0 aromatic carbocycles. The van der Waals surface area contributed by atoms with E-state index in [0.29, 0.717) is 44.1 Å². The van der Waals surface area contributed by atoms with Crippen molar-refractivity contribution in [1.82, 2.24) is 0 Å². The van der Waals surface area contributed by atoms with Gasteiger partial charge in [0.2, 0.25) is 0 Å². The molecule has 2 heterocycles. The van der Waals surface area contributed by atoms with Crippen molar-refractivity contribution in [1.29, 1.82) is 0 Å². The molecule has 43 heavy (non-hydrogen) atoms. The van der Waals surface area contributed by atoms with Crippen molar-refractivity contribution >= 4 is 5.97 Å². The normalized spacial score (nSPS) is 24.0. The number of esters is 1. The molecule has 0 unspecified atom stereocenters. The zero-order valence-corrected chi connectivity index (χ0v) is 27.2. The largest absolute Gasteiger partial charge is 0.455 e. The van der Waals surface area contributed by atoms with Crippen molar-refractivity contribution in [3.63, 3.8) is 0 Å². The first kappa shape index (κ1) is 38.2. The van der Waals surface area contributed by atoms with Gasteiger partial charge in [-0.05, 0) is 64.4 Å². The Labute approximate surface area is 261 Å². The molecule has 8 atom stereocenters. The third-order valence-corrected chi connectivity index (χ3v) is 9.22. The standard InChI is InChI=1S/C35H64O8/c1-3-4-5-6-7-8-9-10-11-14-19-31(39)33-22-23-34(43-33)32(40)21-16-20-30(38)29(37)18-15-12-13-17-28(36)25-27-24-26(2)42-35(27)41/h24,26,28-34,36-40H,3-23,25H2,1-2H3/t26-,28+,29-,30+,31+,32+,33+,34+/m0/s1. The van der Waals surface area contributed by atoms with Gasteiger partial charge in [-0.3, -0.25) is 0 Å². The average Bonchev–Trinajstić information content (AvgIpc) is 3.59. The van der Waals surface area contributed by atoms with Gasteiger partial charge in [-0.2, -0.15) is 0 Å². The summed E-state index contributed by atoms with van der Waals surface area (Å²) in [7, 11) is 0. The molecule has 0 spiro atoms. The number of hydrogen-bond acceptors (Lipinski definition) is 8. The molecule has 5 N–H and O–H groups in total. The molecular weight excluding hydrogens is 548 g/mol. The minimum absolute atomic E-state index is 0.202. The number of rotatable bonds is 26. The maximum Gasteiger partial charge on any atom is 0.334 e. The van der Waals surface area contributed by atoms with Gasteiger partial charge in [-0.15, -0.1) is 0 Å². The monoisotopic (exact) mass is 612 g/mol. The van der Waals surface area contributed by atoms with E-state index in [2.05, 4.69) is 6.92 Å². The van der Waals surface area contributed by atoms with E-state index < -0.39 is 30.5 Å². The highest BCUT2D eigenvalue weighted by molar-refractivity contribution is 5.90. The first-order chi connectivity index (χ1) is 20.7. The SMILES string of the molecule is CCCCCCCCCCCC[C@@H](O)[C@H]1CC[C@H]([C@H](O)CCC[C@@H](O)[C@@H](O)CCCCC[C@@H](O)CC2=C[C@H](C)OC2=O)O1. The molecule has 8 nitrogen and oxygen atoms in total. The minimum Gasteiger partial charge on any atom is -0.455 e. The molecular formula is C35H64O8. The zero-order chi connectivity index (χ0) is 31.5. The Morgan fingerprint density at radius 1 is 0.674 bits per heavy atom. The molecule has 0 aromatic heterocycles. The van der Waals surface area contributed by atoms with E-state index in [-0.39, 0.29) is 24.3 Å². The summed E-state index contributed by atoms with van der Waals surface area (Å²) >= 11 is 0. The summed E-state index contributed by atoms with van der Waals surface area (Å²) < 4.78 is 11.1. The fourth-order valence-corrected chi connectivity index (χ4v) is 6.44. The van der Waals surface area contributed by atoms with Gasteiger partial charge in [-0.25, -0.2) is 4.79 Å². The van der Waals surface area contributed by atoms with Crippen LogP contribution in [0.2, 0.25) is 0 Å². The average molecular weight is 613 g/mol. The highest BCUT2D eigenvalue weighted by Crippen LogP contribution is 2.28. The molecule has 2 aliphatic heterocycles. The van der Waals surface area contributed by atoms with Gasteiger partial charge < -0.3 is 35.0 Å². The van der Waals surface area contributed by atoms with Crippen LogP contribution in [0.3, 0.4) is 0 Å². The van der Waals surface area contributed by atoms with Gasteiger partial charge in [0.25, 0.3) is 0 Å². The molecule has 252 valence electrons. The number of hydrogen-bond donors (Lipinski definition) is 5. The van der Waals surface area contributed by atoms with Crippen LogP contribution in [0.25, 0.3) is 0 Å². The minimum atomic E-state index is -0.833. The lowest BCUT2D eigenvalue weighted by Gasteiger charge is -2.23. The highest BCUT2D eigenvalue weighted by atomic mass is 16.5. The molecule has 0 amide bonds. The number of aliphatic hydroxyl groups excluding tert-OH is 5. The summed E-state index contributed by atoms with van der Waals surface area (Å²) in [6.45, 7) is 4.04. The molecule has 0 aromatic rings. The van der Waals surface area contributed by atoms with Crippen LogP contribution in [0.4, 0.5) is 0 Å². The molecule has 1 fully saturated rings. The van der Waals surface area contributed by atoms with Crippen molar-refractivity contribution in [2.75, 3.05) is 0 Å². The molecule has 0 bridgehead atoms. The zero-order valence-electron chi connectivity index (χ0n) is 27.2. The smallest absolute Gasteiger partial charge is 0.334 e. The lowest BCUT2D eigenvalue weighted by molar-refractivity contribution is -0.139. The molecule has 2 rings (SSSR count). The third-order valence-electron chi connectivity index (χ3n) is 9.22. The topological polar surface area (TPSA) is 137 Å². The van der Waals surface area contributed by atoms with E-state index in [9.17, 15) is 30.3 Å². The number of cyclic esters (lactones) is 1. The van der Waals surface area contributed by atoms with Crippen molar-refractivity contribution < 1.29 is 39.8 Å². The van der Waals surface area contributed by atoms with E-state index in [1.54, 1.807) is 13.0 Å². The number of ether oxygens (including phenoxy) is 2. The van der Waals surface area contributed by atoms with E-state index in [0.717, 1.165) is 51.4 Å². The van der Waals surface area contributed by atoms with Gasteiger partial charge in [0.15, 0.2) is 0 Å². The molecule has 0 radical (unpaired) electrons. The molecule has 1 saturated heterocycles. The summed E-state index contributed by atoms with van der Waals surface area (Å²) in [5.41, 5.74) is 0.542. The maximum absolute atomic E-state index is 11.7. The second-order valence-electron chi connectivity index (χ2n) is 13.3. The summed E-state index contributed by atoms with van der Waals surface area (Å²) in [5, 5.41) is 52.1. The first-order valence-electron chi connectivity index (χ1n) is 17.7. The summed E-state index contributed by atoms with van der Waals surface area (Å²) in [6, 6.07) is 0. The Morgan fingerprint density at radius 2 is 1.14 bits per heavy atom. The Morgan fingerprint density at radius 3 is 1.70 bits per heavy atom. The van der Waals surface area contributed by atoms with Crippen LogP contribution >= 0.6 is 0 Å². The lowest BCUT2D eigenvalue weighted by atomic mass is 9.97. The van der Waals surface area contributed by atoms with Crippen molar-refractivity contribution in [2.24, 2.45) is 0 Å². The second-order valence-corrected chi connectivity index (χ2v) is 13.3. The summed E-state index contributed by atoms with van der Waals surface area (Å²) in [5.74, 6) is -0.343. The maximum atomic E-state index is 11.7. The predicted molar refractivity (Wildman–Crippen MR) is 170 cm³/mol. The molecule has 0 aliphatic carbocycles. The van der Waals surface area contributed by atoms with Gasteiger partial charge in [-0.1, -0.05) is 90.4 Å². The van der Waals surface area contributed by atoms with Crippen LogP contribution in [0.5, 0.6) is 0 Å². The van der Waals surface area contributed by atoms with Crippen LogP contribution in [-0.4, -0.2) is 80.3 Å². The molecule has 0 saturated carbocycles. The quantitative estimate of drug-likeness (QED) is 0.0590. The van der Waals surface area contributed by atoms with Crippen LogP contribution in [0.1, 0.15) is 155 Å². The summed E-state index contributed by atoms with van der Waals surface area (Å²) in [4.78, 5) is 11.7. The van der Waals surface area contributed by atoms with E-state index in [1.165, 1.54) is 51.4 Å². The Hall–Kier alpha value is -1.03. The van der Waals surface area contributed by atoms with Crippen LogP contribution in [0.15, 0.2) is 11.6 Å². The number of carbonyl (C=O) groups is 1. The van der Waals surface area contributed by atoms with E-state index >= 15 is 0 Å². The van der Waals surface area contributed by atoms with Crippen LogP contribution in [-0.2, 0) is 14.3 Å². The second kappa shape index (κ2) is 22.5. The predicted octanol–water partition coefficient (Wildman–Crippen LogP) is 6.03. The van der Waals surface area contributed by atoms with Crippen molar-refractivity contribution in [2.45, 2.75) is 204 Å². The Balaban J connectivity index is 1.46. The van der Waals surface area contributed by atoms with Crippen molar-refractivity contribution in [3.8, 4) is 0 Å². The number of unbranched alkanes of at least 4 members (excludes halogenated alkanes) is 11. The highest BCUT2D eigenvalue weighted by Gasteiger charge is 2.34. The van der Waals surface area contributed by atoms with Crippen LogP contribution in [0, 0.1) is 0 Å². The number of carbonyl (C=O) groups excluding carboxylic acids is 1. The lowest BCUT2D eigenvalue weighted by Crippen LogP contribution is -2.31. The van der Waals surface area contributed by atoms with Gasteiger partial charge in [0, 0.05) is 12.0 Å². The Kier molecular flexibility index (Phi) is 19.9. The van der Waals surface area contributed by atoms with Crippen LogP contribution < -0.4 is 0 Å². The van der Waals surface area contributed by atoms with Crippen molar-refractivity contribution in [3.05, 3.63) is 11.6 Å². The molecule has 2 aliphatic rings. The Bertz CT molecular complexity index is 758. The van der Waals surface area contributed by atoms with Gasteiger partial charge in [0.1, 0.15) is 6.10 Å². The van der Waals surface area contributed by atoms with Gasteiger partial charge in [0.05, 0.1) is 42.7 Å². The molecule has 8 heteroatoms. The van der Waals surface area contributed by atoms with Gasteiger partial charge >= 0.3 is 5.97 Å². The summed E-state index contributed by atoms with van der Waals surface area (Å²) in [6.07, 6.45) is 17.9.